The van der Waals surface area contributed by atoms with E-state index in [-0.39, 0.29) is 11.9 Å². The molecule has 0 fully saturated rings. The van der Waals surface area contributed by atoms with E-state index in [0.717, 1.165) is 29.9 Å². The van der Waals surface area contributed by atoms with Crippen LogP contribution in [-0.4, -0.2) is 9.78 Å². The van der Waals surface area contributed by atoms with Crippen LogP contribution in [0.25, 0.3) is 5.69 Å². The van der Waals surface area contributed by atoms with Crippen molar-refractivity contribution in [2.75, 3.05) is 0 Å². The van der Waals surface area contributed by atoms with E-state index in [2.05, 4.69) is 25.0 Å². The highest BCUT2D eigenvalue weighted by Crippen LogP contribution is 2.25. The minimum atomic E-state index is -0.366. The molecule has 4 heteroatoms. The Bertz CT molecular complexity index is 573. The lowest BCUT2D eigenvalue weighted by Gasteiger charge is -2.15. The lowest BCUT2D eigenvalue weighted by molar-refractivity contribution is 0.587. The number of hydrogen-bond acceptors (Lipinski definition) is 2. The first kappa shape index (κ1) is 13.7. The van der Waals surface area contributed by atoms with Crippen molar-refractivity contribution in [1.29, 1.82) is 0 Å². The molecule has 0 amide bonds. The molecule has 0 aliphatic heterocycles. The third kappa shape index (κ3) is 2.54. The van der Waals surface area contributed by atoms with Crippen molar-refractivity contribution in [2.45, 2.75) is 39.7 Å². The average Bonchev–Trinajstić information content (AvgIpc) is 2.81. The first-order chi connectivity index (χ1) is 9.08. The van der Waals surface area contributed by atoms with Gasteiger partial charge in [-0.15, -0.1) is 0 Å². The Kier molecular flexibility index (Phi) is 4.00. The number of aromatic nitrogens is 2. The Labute approximate surface area is 113 Å². The summed E-state index contributed by atoms with van der Waals surface area (Å²) in [6.45, 7) is 5.92. The van der Waals surface area contributed by atoms with E-state index in [4.69, 9.17) is 5.73 Å². The first-order valence-corrected chi connectivity index (χ1v) is 6.70. The normalized spacial score (nSPS) is 12.7. The van der Waals surface area contributed by atoms with Crippen LogP contribution < -0.4 is 5.73 Å². The molecule has 0 saturated heterocycles. The van der Waals surface area contributed by atoms with Crippen LogP contribution in [0.15, 0.2) is 24.3 Å². The lowest BCUT2D eigenvalue weighted by Crippen LogP contribution is -2.14. The van der Waals surface area contributed by atoms with Crippen LogP contribution in [0, 0.1) is 5.82 Å². The Morgan fingerprint density at radius 1 is 1.32 bits per heavy atom. The number of nitrogens with two attached hydrogens (primary N) is 1. The fourth-order valence-corrected chi connectivity index (χ4v) is 2.27. The number of benzene rings is 1. The van der Waals surface area contributed by atoms with E-state index < -0.39 is 0 Å². The van der Waals surface area contributed by atoms with Crippen LogP contribution in [0.1, 0.15) is 43.8 Å². The van der Waals surface area contributed by atoms with Gasteiger partial charge in [-0.2, -0.15) is 5.10 Å². The van der Waals surface area contributed by atoms with Crippen molar-refractivity contribution < 1.29 is 4.39 Å². The molecule has 3 nitrogen and oxygen atoms in total. The Morgan fingerprint density at radius 3 is 2.63 bits per heavy atom. The number of hydrogen-bond donors (Lipinski definition) is 1. The second-order valence-electron chi connectivity index (χ2n) is 4.71. The molecule has 2 rings (SSSR count). The molecule has 2 aromatic rings. The van der Waals surface area contributed by atoms with Crippen molar-refractivity contribution >= 4 is 0 Å². The molecule has 1 heterocycles. The smallest absolute Gasteiger partial charge is 0.130 e. The maximum atomic E-state index is 14.0. The molecule has 19 heavy (non-hydrogen) atoms. The van der Waals surface area contributed by atoms with Gasteiger partial charge in [0.25, 0.3) is 0 Å². The van der Waals surface area contributed by atoms with Crippen molar-refractivity contribution in [1.82, 2.24) is 9.78 Å². The molecular weight excluding hydrogens is 241 g/mol. The number of halogens is 1. The van der Waals surface area contributed by atoms with Crippen molar-refractivity contribution in [3.63, 3.8) is 0 Å². The standard InChI is InChI=1S/C15H20FN3/c1-4-11-9-12(5-2)19(18-11)14-8-6-7-13(16)15(14)10(3)17/h6-10H,4-5,17H2,1-3H3/t10-/m0/s1. The monoisotopic (exact) mass is 261 g/mol. The zero-order valence-electron chi connectivity index (χ0n) is 11.7. The van der Waals surface area contributed by atoms with Gasteiger partial charge in [0.2, 0.25) is 0 Å². The molecule has 0 saturated carbocycles. The molecule has 1 aromatic heterocycles. The van der Waals surface area contributed by atoms with Crippen LogP contribution >= 0.6 is 0 Å². The third-order valence-corrected chi connectivity index (χ3v) is 3.27. The summed E-state index contributed by atoms with van der Waals surface area (Å²) >= 11 is 0. The van der Waals surface area contributed by atoms with Gasteiger partial charge in [0, 0.05) is 17.3 Å². The molecule has 0 aliphatic rings. The number of aryl methyl sites for hydroxylation is 2. The van der Waals surface area contributed by atoms with Crippen molar-refractivity contribution in [2.24, 2.45) is 5.73 Å². The van der Waals surface area contributed by atoms with Crippen molar-refractivity contribution in [3.8, 4) is 5.69 Å². The predicted octanol–water partition coefficient (Wildman–Crippen LogP) is 3.16. The summed E-state index contributed by atoms with van der Waals surface area (Å²) < 4.78 is 15.8. The topological polar surface area (TPSA) is 43.8 Å². The van der Waals surface area contributed by atoms with Gasteiger partial charge < -0.3 is 5.73 Å². The second kappa shape index (κ2) is 5.53. The summed E-state index contributed by atoms with van der Waals surface area (Å²) in [5, 5.41) is 4.55. The van der Waals surface area contributed by atoms with Gasteiger partial charge in [0.1, 0.15) is 5.82 Å². The van der Waals surface area contributed by atoms with Crippen LogP contribution in [0.2, 0.25) is 0 Å². The second-order valence-corrected chi connectivity index (χ2v) is 4.71. The molecule has 2 N–H and O–H groups in total. The van der Waals surface area contributed by atoms with E-state index in [9.17, 15) is 4.39 Å². The minimum absolute atomic E-state index is 0.275. The van der Waals surface area contributed by atoms with Gasteiger partial charge in [-0.3, -0.25) is 0 Å². The van der Waals surface area contributed by atoms with Crippen LogP contribution in [0.4, 0.5) is 4.39 Å². The van der Waals surface area contributed by atoms with Gasteiger partial charge in [0.05, 0.1) is 11.4 Å². The van der Waals surface area contributed by atoms with E-state index in [1.54, 1.807) is 13.0 Å². The predicted molar refractivity (Wildman–Crippen MR) is 74.9 cm³/mol. The van der Waals surface area contributed by atoms with Crippen molar-refractivity contribution in [3.05, 3.63) is 47.0 Å². The van der Waals surface area contributed by atoms with Gasteiger partial charge >= 0.3 is 0 Å². The zero-order valence-corrected chi connectivity index (χ0v) is 11.7. The molecular formula is C15H20FN3. The fourth-order valence-electron chi connectivity index (χ4n) is 2.27. The number of rotatable bonds is 4. The highest BCUT2D eigenvalue weighted by atomic mass is 19.1. The van der Waals surface area contributed by atoms with Gasteiger partial charge in [-0.25, -0.2) is 9.07 Å². The van der Waals surface area contributed by atoms with Crippen LogP contribution in [-0.2, 0) is 12.8 Å². The molecule has 102 valence electrons. The third-order valence-electron chi connectivity index (χ3n) is 3.27. The zero-order chi connectivity index (χ0) is 14.0. The van der Waals surface area contributed by atoms with E-state index in [1.807, 2.05) is 10.7 Å². The van der Waals surface area contributed by atoms with Gasteiger partial charge in [0.15, 0.2) is 0 Å². The average molecular weight is 261 g/mol. The molecule has 1 atom stereocenters. The highest BCUT2D eigenvalue weighted by molar-refractivity contribution is 5.44. The summed E-state index contributed by atoms with van der Waals surface area (Å²) in [6.07, 6.45) is 1.71. The molecule has 1 aromatic carbocycles. The first-order valence-electron chi connectivity index (χ1n) is 6.70. The van der Waals surface area contributed by atoms with Gasteiger partial charge in [-0.05, 0) is 38.0 Å². The number of nitrogens with zero attached hydrogens (tertiary/aromatic N) is 2. The molecule has 0 aliphatic carbocycles. The Hall–Kier alpha value is -1.68. The SMILES string of the molecule is CCc1cc(CC)n(-c2cccc(F)c2[C@H](C)N)n1. The molecule has 0 unspecified atom stereocenters. The highest BCUT2D eigenvalue weighted by Gasteiger charge is 2.16. The minimum Gasteiger partial charge on any atom is -0.324 e. The lowest BCUT2D eigenvalue weighted by atomic mass is 10.1. The molecule has 0 radical (unpaired) electrons. The maximum Gasteiger partial charge on any atom is 0.130 e. The summed E-state index contributed by atoms with van der Waals surface area (Å²) in [4.78, 5) is 0. The fraction of sp³-hybridized carbons (Fsp3) is 0.400. The van der Waals surface area contributed by atoms with E-state index in [1.165, 1.54) is 6.07 Å². The quantitative estimate of drug-likeness (QED) is 0.918. The summed E-state index contributed by atoms with van der Waals surface area (Å²) in [7, 11) is 0. The molecule has 0 bridgehead atoms. The summed E-state index contributed by atoms with van der Waals surface area (Å²) in [5.41, 5.74) is 9.25. The Balaban J connectivity index is 2.64. The summed E-state index contributed by atoms with van der Waals surface area (Å²) in [5.74, 6) is -0.275. The Morgan fingerprint density at radius 2 is 2.05 bits per heavy atom. The van der Waals surface area contributed by atoms with Crippen LogP contribution in [0.3, 0.4) is 0 Å². The molecule has 0 spiro atoms. The van der Waals surface area contributed by atoms with Gasteiger partial charge in [-0.1, -0.05) is 19.9 Å². The van der Waals surface area contributed by atoms with E-state index >= 15 is 0 Å². The largest absolute Gasteiger partial charge is 0.324 e. The van der Waals surface area contributed by atoms with Crippen LogP contribution in [0.5, 0.6) is 0 Å². The maximum absolute atomic E-state index is 14.0. The summed E-state index contributed by atoms with van der Waals surface area (Å²) in [6, 6.07) is 6.71. The van der Waals surface area contributed by atoms with E-state index in [0.29, 0.717) is 5.56 Å².